The largest absolute Gasteiger partial charge is 0.384 e. The first-order valence-electron chi connectivity index (χ1n) is 12.2. The second kappa shape index (κ2) is 11.2. The van der Waals surface area contributed by atoms with Crippen LogP contribution in [0.25, 0.3) is 44.8 Å². The summed E-state index contributed by atoms with van der Waals surface area (Å²) >= 11 is 0. The number of aliphatic imine (C=N–C) groups is 2. The minimum Gasteiger partial charge on any atom is -0.384 e. The maximum atomic E-state index is 6.13. The van der Waals surface area contributed by atoms with E-state index in [2.05, 4.69) is 20.0 Å². The molecule has 0 atom stereocenters. The molecule has 6 N–H and O–H groups in total. The van der Waals surface area contributed by atoms with Gasteiger partial charge in [0.25, 0.3) is 0 Å². The molecule has 0 aliphatic heterocycles. The number of nitrogens with zero attached hydrogens (tertiary/aromatic N) is 4. The highest BCUT2D eigenvalue weighted by Gasteiger charge is 2.11. The molecule has 0 aliphatic carbocycles. The third kappa shape index (κ3) is 5.41. The quantitative estimate of drug-likeness (QED) is 0.128. The van der Waals surface area contributed by atoms with E-state index < -0.39 is 0 Å². The van der Waals surface area contributed by atoms with Gasteiger partial charge in [0.05, 0.1) is 48.4 Å². The number of aromatic amines is 2. The van der Waals surface area contributed by atoms with Gasteiger partial charge in [0.2, 0.25) is 0 Å². The van der Waals surface area contributed by atoms with E-state index >= 15 is 0 Å². The number of ether oxygens (including phenoxy) is 2. The van der Waals surface area contributed by atoms with Crippen LogP contribution >= 0.6 is 0 Å². The maximum absolute atomic E-state index is 6.13. The van der Waals surface area contributed by atoms with Gasteiger partial charge in [-0.25, -0.2) is 9.97 Å². The minimum absolute atomic E-state index is 0.475. The van der Waals surface area contributed by atoms with Crippen molar-refractivity contribution in [1.29, 1.82) is 0 Å². The Morgan fingerprint density at radius 2 is 1.11 bits per heavy atom. The van der Waals surface area contributed by atoms with Gasteiger partial charge in [0, 0.05) is 36.5 Å². The van der Waals surface area contributed by atoms with Crippen LogP contribution in [0, 0.1) is 0 Å². The van der Waals surface area contributed by atoms with E-state index in [1.165, 1.54) is 0 Å². The zero-order chi connectivity index (χ0) is 26.5. The molecule has 2 heterocycles. The van der Waals surface area contributed by atoms with E-state index in [4.69, 9.17) is 30.9 Å². The van der Waals surface area contributed by atoms with Crippen LogP contribution in [0.4, 0.5) is 0 Å². The average molecular weight is 511 g/mol. The molecule has 5 rings (SSSR count). The Morgan fingerprint density at radius 3 is 1.50 bits per heavy atom. The summed E-state index contributed by atoms with van der Waals surface area (Å²) in [7, 11) is 3.28. The van der Waals surface area contributed by atoms with Gasteiger partial charge in [-0.1, -0.05) is 24.3 Å². The van der Waals surface area contributed by atoms with Crippen LogP contribution < -0.4 is 11.5 Å². The highest BCUT2D eigenvalue weighted by atomic mass is 16.5. The summed E-state index contributed by atoms with van der Waals surface area (Å²) in [5.41, 5.74) is 19.4. The van der Waals surface area contributed by atoms with Crippen molar-refractivity contribution in [1.82, 2.24) is 19.9 Å². The molecule has 5 aromatic rings. The van der Waals surface area contributed by atoms with E-state index in [-0.39, 0.29) is 0 Å². The molecule has 3 aromatic carbocycles. The number of hydrogen-bond donors (Lipinski definition) is 4. The highest BCUT2D eigenvalue weighted by Crippen LogP contribution is 2.26. The molecule has 0 saturated carbocycles. The summed E-state index contributed by atoms with van der Waals surface area (Å²) in [5.74, 6) is 2.50. The second-order valence-corrected chi connectivity index (χ2v) is 8.73. The lowest BCUT2D eigenvalue weighted by Gasteiger charge is -2.01. The zero-order valence-corrected chi connectivity index (χ0v) is 21.4. The molecule has 2 aromatic heterocycles. The molecular formula is C28H30N8O2. The molecule has 0 bridgehead atoms. The number of fused-ring (bicyclic) bond motifs is 2. The van der Waals surface area contributed by atoms with Crippen molar-refractivity contribution in [3.63, 3.8) is 0 Å². The summed E-state index contributed by atoms with van der Waals surface area (Å²) in [5, 5.41) is 0. The van der Waals surface area contributed by atoms with E-state index in [1.54, 1.807) is 14.2 Å². The van der Waals surface area contributed by atoms with Crippen LogP contribution in [0.5, 0.6) is 0 Å². The molecule has 0 unspecified atom stereocenters. The summed E-state index contributed by atoms with van der Waals surface area (Å²) in [6.45, 7) is 2.09. The Bertz CT molecular complexity index is 1490. The van der Waals surface area contributed by atoms with Gasteiger partial charge in [-0.15, -0.1) is 0 Å². The van der Waals surface area contributed by atoms with Crippen molar-refractivity contribution in [3.8, 4) is 22.8 Å². The van der Waals surface area contributed by atoms with Gasteiger partial charge in [-0.05, 0) is 36.4 Å². The van der Waals surface area contributed by atoms with Crippen LogP contribution in [-0.2, 0) is 9.47 Å². The lowest BCUT2D eigenvalue weighted by Crippen LogP contribution is -2.14. The van der Waals surface area contributed by atoms with E-state index in [1.807, 2.05) is 60.7 Å². The van der Waals surface area contributed by atoms with Crippen molar-refractivity contribution in [3.05, 3.63) is 71.8 Å². The normalized spacial score (nSPS) is 12.6. The maximum Gasteiger partial charge on any atom is 0.138 e. The summed E-state index contributed by atoms with van der Waals surface area (Å²) in [4.78, 5) is 25.0. The Balaban J connectivity index is 1.36. The summed E-state index contributed by atoms with van der Waals surface area (Å²) in [6.07, 6.45) is 0. The number of rotatable bonds is 10. The van der Waals surface area contributed by atoms with Crippen molar-refractivity contribution in [2.75, 3.05) is 40.5 Å². The number of hydrogen-bond acceptors (Lipinski definition) is 6. The van der Waals surface area contributed by atoms with Gasteiger partial charge in [-0.2, -0.15) is 0 Å². The molecule has 0 spiro atoms. The highest BCUT2D eigenvalue weighted by molar-refractivity contribution is 6.01. The lowest BCUT2D eigenvalue weighted by atomic mass is 10.1. The summed E-state index contributed by atoms with van der Waals surface area (Å²) in [6, 6.07) is 19.7. The van der Waals surface area contributed by atoms with Gasteiger partial charge < -0.3 is 30.9 Å². The van der Waals surface area contributed by atoms with Crippen molar-refractivity contribution in [2.24, 2.45) is 21.5 Å². The van der Waals surface area contributed by atoms with E-state index in [0.29, 0.717) is 38.0 Å². The fourth-order valence-corrected chi connectivity index (χ4v) is 4.09. The number of nitrogens with two attached hydrogens (primary N) is 2. The molecule has 10 nitrogen and oxygen atoms in total. The first-order valence-corrected chi connectivity index (χ1v) is 12.2. The SMILES string of the molecule is COCCN=C(N)c1ccc2nc(-c3ccc(-c4nc5ccc(C(N)=NCCOC)cc5[nH]4)cc3)[nH]c2c1. The fraction of sp³-hybridized carbons (Fsp3) is 0.214. The third-order valence-electron chi connectivity index (χ3n) is 6.14. The molecule has 0 radical (unpaired) electrons. The van der Waals surface area contributed by atoms with Crippen molar-refractivity contribution >= 4 is 33.7 Å². The Kier molecular flexibility index (Phi) is 7.43. The van der Waals surface area contributed by atoms with Gasteiger partial charge in [0.15, 0.2) is 0 Å². The Morgan fingerprint density at radius 1 is 0.684 bits per heavy atom. The van der Waals surface area contributed by atoms with Gasteiger partial charge >= 0.3 is 0 Å². The molecular weight excluding hydrogens is 480 g/mol. The molecule has 0 fully saturated rings. The topological polar surface area (TPSA) is 153 Å². The average Bonchev–Trinajstić information content (AvgIpc) is 3.57. The first kappa shape index (κ1) is 25.1. The second-order valence-electron chi connectivity index (χ2n) is 8.73. The molecule has 10 heteroatoms. The summed E-state index contributed by atoms with van der Waals surface area (Å²) < 4.78 is 10.1. The smallest absolute Gasteiger partial charge is 0.138 e. The number of amidine groups is 2. The Hall–Kier alpha value is -4.54. The van der Waals surface area contributed by atoms with E-state index in [9.17, 15) is 0 Å². The monoisotopic (exact) mass is 510 g/mol. The Labute approximate surface area is 219 Å². The van der Waals surface area contributed by atoms with Crippen LogP contribution in [0.2, 0.25) is 0 Å². The van der Waals surface area contributed by atoms with Crippen LogP contribution in [0.1, 0.15) is 11.1 Å². The fourth-order valence-electron chi connectivity index (χ4n) is 4.09. The molecule has 194 valence electrons. The molecule has 0 saturated heterocycles. The predicted molar refractivity (Wildman–Crippen MR) is 152 cm³/mol. The van der Waals surface area contributed by atoms with Crippen LogP contribution in [0.3, 0.4) is 0 Å². The number of imidazole rings is 2. The standard InChI is InChI=1S/C28H30N8O2/c1-37-13-11-31-25(29)19-7-9-21-23(15-19)35-27(33-21)17-3-5-18(6-4-17)28-34-22-10-8-20(16-24(22)36-28)26(30)32-12-14-38-2/h3-10,15-16H,11-14H2,1-2H3,(H2,29,31)(H2,30,32)(H,33,35)(H,34,36). The minimum atomic E-state index is 0.475. The first-order chi connectivity index (χ1) is 18.6. The third-order valence-corrected chi connectivity index (χ3v) is 6.14. The number of nitrogens with one attached hydrogen (secondary N) is 2. The number of aromatic nitrogens is 4. The molecule has 0 aliphatic rings. The van der Waals surface area contributed by atoms with Gasteiger partial charge in [-0.3, -0.25) is 9.98 Å². The number of H-pyrrole nitrogens is 2. The predicted octanol–water partition coefficient (Wildman–Crippen LogP) is 3.48. The molecule has 38 heavy (non-hydrogen) atoms. The number of benzene rings is 3. The zero-order valence-electron chi connectivity index (χ0n) is 21.4. The van der Waals surface area contributed by atoms with Crippen molar-refractivity contribution in [2.45, 2.75) is 0 Å². The van der Waals surface area contributed by atoms with Crippen molar-refractivity contribution < 1.29 is 9.47 Å². The van der Waals surface area contributed by atoms with Gasteiger partial charge in [0.1, 0.15) is 23.3 Å². The molecule has 0 amide bonds. The lowest BCUT2D eigenvalue weighted by molar-refractivity contribution is 0.208. The number of methoxy groups -OCH3 is 2. The van der Waals surface area contributed by atoms with Crippen LogP contribution in [-0.4, -0.2) is 72.1 Å². The van der Waals surface area contributed by atoms with E-state index in [0.717, 1.165) is 56.0 Å². The van der Waals surface area contributed by atoms with Crippen LogP contribution in [0.15, 0.2) is 70.6 Å².